The summed E-state index contributed by atoms with van der Waals surface area (Å²) in [6.45, 7) is 4.12. The summed E-state index contributed by atoms with van der Waals surface area (Å²) in [5.41, 5.74) is 3.48. The van der Waals surface area contributed by atoms with Crippen LogP contribution in [0.15, 0.2) is 59.8 Å². The van der Waals surface area contributed by atoms with Gasteiger partial charge in [-0.05, 0) is 36.1 Å². The Morgan fingerprint density at radius 3 is 2.61 bits per heavy atom. The second kappa shape index (κ2) is 9.90. The lowest BCUT2D eigenvalue weighted by Gasteiger charge is -2.14. The van der Waals surface area contributed by atoms with Crippen molar-refractivity contribution in [1.29, 1.82) is 0 Å². The number of nitrogens with one attached hydrogen (secondary N) is 2. The number of aryl methyl sites for hydroxylation is 1. The fourth-order valence-electron chi connectivity index (χ4n) is 2.68. The Balaban J connectivity index is 1.48. The van der Waals surface area contributed by atoms with Crippen LogP contribution >= 0.6 is 11.8 Å². The van der Waals surface area contributed by atoms with Crippen molar-refractivity contribution in [2.24, 2.45) is 0 Å². The van der Waals surface area contributed by atoms with Gasteiger partial charge in [-0.15, -0.1) is 5.10 Å². The van der Waals surface area contributed by atoms with E-state index in [1.54, 1.807) is 0 Å². The van der Waals surface area contributed by atoms with Gasteiger partial charge in [-0.3, -0.25) is 9.89 Å². The highest BCUT2D eigenvalue weighted by atomic mass is 32.2. The third-order valence-electron chi connectivity index (χ3n) is 4.31. The molecule has 5 nitrogen and oxygen atoms in total. The summed E-state index contributed by atoms with van der Waals surface area (Å²) in [6.07, 6.45) is 4.85. The largest absolute Gasteiger partial charge is 0.349 e. The van der Waals surface area contributed by atoms with Crippen molar-refractivity contribution in [3.05, 3.63) is 77.1 Å². The first kappa shape index (κ1) is 19.9. The average Bonchev–Trinajstić information content (AvgIpc) is 3.19. The second-order valence-corrected chi connectivity index (χ2v) is 7.36. The standard InChI is InChI=1S/C22H24N4OS/c1-3-17-9-12-19(13-10-17)16(2)23-21(27)15-28-22-24-20(25-26-22)14-11-18-7-5-4-6-8-18/h4-14,16H,3,15H2,1-2H3,(H,23,27)(H,24,25,26)/b14-11+. The van der Waals surface area contributed by atoms with Gasteiger partial charge in [0.05, 0.1) is 11.8 Å². The number of rotatable bonds is 8. The van der Waals surface area contributed by atoms with Gasteiger partial charge in [0.1, 0.15) is 5.82 Å². The number of benzene rings is 2. The lowest BCUT2D eigenvalue weighted by atomic mass is 10.1. The van der Waals surface area contributed by atoms with E-state index in [2.05, 4.69) is 51.7 Å². The molecular weight excluding hydrogens is 368 g/mol. The maximum Gasteiger partial charge on any atom is 0.230 e. The van der Waals surface area contributed by atoms with Gasteiger partial charge in [-0.25, -0.2) is 4.98 Å². The predicted octanol–water partition coefficient (Wildman–Crippen LogP) is 4.51. The number of H-pyrrole nitrogens is 1. The first-order chi connectivity index (χ1) is 13.6. The quantitative estimate of drug-likeness (QED) is 0.554. The van der Waals surface area contributed by atoms with Crippen molar-refractivity contribution in [2.75, 3.05) is 5.75 Å². The molecule has 0 aliphatic heterocycles. The maximum absolute atomic E-state index is 12.2. The zero-order chi connectivity index (χ0) is 19.8. The number of aromatic amines is 1. The van der Waals surface area contributed by atoms with E-state index in [0.29, 0.717) is 11.0 Å². The summed E-state index contributed by atoms with van der Waals surface area (Å²) < 4.78 is 0. The van der Waals surface area contributed by atoms with E-state index in [-0.39, 0.29) is 17.7 Å². The van der Waals surface area contributed by atoms with Crippen molar-refractivity contribution in [3.8, 4) is 0 Å². The Kier molecular flexibility index (Phi) is 7.03. The summed E-state index contributed by atoms with van der Waals surface area (Å²) >= 11 is 1.31. The molecule has 0 bridgehead atoms. The van der Waals surface area contributed by atoms with Crippen molar-refractivity contribution in [1.82, 2.24) is 20.5 Å². The number of hydrogen-bond donors (Lipinski definition) is 2. The van der Waals surface area contributed by atoms with Gasteiger partial charge in [-0.2, -0.15) is 0 Å². The van der Waals surface area contributed by atoms with Crippen LogP contribution in [-0.4, -0.2) is 26.8 Å². The molecule has 3 rings (SSSR count). The average molecular weight is 393 g/mol. The summed E-state index contributed by atoms with van der Waals surface area (Å²) in [4.78, 5) is 16.6. The highest BCUT2D eigenvalue weighted by Crippen LogP contribution is 2.16. The minimum atomic E-state index is -0.0387. The highest BCUT2D eigenvalue weighted by Gasteiger charge is 2.11. The molecule has 1 atom stereocenters. The Morgan fingerprint density at radius 2 is 1.89 bits per heavy atom. The minimum absolute atomic E-state index is 0.0319. The maximum atomic E-state index is 12.2. The van der Waals surface area contributed by atoms with E-state index in [1.807, 2.05) is 49.4 Å². The second-order valence-electron chi connectivity index (χ2n) is 6.42. The number of aromatic nitrogens is 3. The van der Waals surface area contributed by atoms with Crippen LogP contribution in [0.2, 0.25) is 0 Å². The Hall–Kier alpha value is -2.86. The Labute approximate surface area is 169 Å². The fourth-order valence-corrected chi connectivity index (χ4v) is 3.29. The number of carbonyl (C=O) groups is 1. The van der Waals surface area contributed by atoms with E-state index >= 15 is 0 Å². The lowest BCUT2D eigenvalue weighted by molar-refractivity contribution is -0.119. The third kappa shape index (κ3) is 5.82. The van der Waals surface area contributed by atoms with E-state index in [1.165, 1.54) is 17.3 Å². The van der Waals surface area contributed by atoms with Crippen LogP contribution in [-0.2, 0) is 11.2 Å². The molecule has 1 unspecified atom stereocenters. The minimum Gasteiger partial charge on any atom is -0.349 e. The molecule has 0 saturated carbocycles. The molecule has 144 valence electrons. The van der Waals surface area contributed by atoms with Crippen molar-refractivity contribution >= 4 is 29.8 Å². The molecule has 0 saturated heterocycles. The normalized spacial score (nSPS) is 12.2. The highest BCUT2D eigenvalue weighted by molar-refractivity contribution is 7.99. The van der Waals surface area contributed by atoms with Gasteiger partial charge in [0.25, 0.3) is 0 Å². The van der Waals surface area contributed by atoms with Gasteiger partial charge in [0.15, 0.2) is 0 Å². The summed E-state index contributed by atoms with van der Waals surface area (Å²) in [7, 11) is 0. The van der Waals surface area contributed by atoms with E-state index in [4.69, 9.17) is 0 Å². The van der Waals surface area contributed by atoms with Crippen molar-refractivity contribution in [2.45, 2.75) is 31.5 Å². The molecule has 1 amide bonds. The van der Waals surface area contributed by atoms with Gasteiger partial charge < -0.3 is 5.32 Å². The molecule has 0 aliphatic carbocycles. The van der Waals surface area contributed by atoms with E-state index in [0.717, 1.165) is 17.5 Å². The molecule has 6 heteroatoms. The van der Waals surface area contributed by atoms with Crippen molar-refractivity contribution < 1.29 is 4.79 Å². The third-order valence-corrected chi connectivity index (χ3v) is 5.16. The number of nitrogens with zero attached hydrogens (tertiary/aromatic N) is 2. The first-order valence-electron chi connectivity index (χ1n) is 9.30. The molecule has 2 N–H and O–H groups in total. The zero-order valence-electron chi connectivity index (χ0n) is 16.1. The fraction of sp³-hybridized carbons (Fsp3) is 0.227. The van der Waals surface area contributed by atoms with Crippen LogP contribution in [0.1, 0.15) is 42.4 Å². The number of hydrogen-bond acceptors (Lipinski definition) is 4. The Morgan fingerprint density at radius 1 is 1.14 bits per heavy atom. The van der Waals surface area contributed by atoms with Crippen LogP contribution in [0.4, 0.5) is 0 Å². The summed E-state index contributed by atoms with van der Waals surface area (Å²) in [5.74, 6) is 0.899. The SMILES string of the molecule is CCc1ccc(C(C)NC(=O)CSc2n[nH]c(/C=C/c3ccccc3)n2)cc1. The Bertz CT molecular complexity index is 919. The summed E-state index contributed by atoms with van der Waals surface area (Å²) in [6, 6.07) is 18.3. The topological polar surface area (TPSA) is 70.7 Å². The van der Waals surface area contributed by atoms with E-state index < -0.39 is 0 Å². The molecular formula is C22H24N4OS. The first-order valence-corrected chi connectivity index (χ1v) is 10.3. The predicted molar refractivity (Wildman–Crippen MR) is 115 cm³/mol. The van der Waals surface area contributed by atoms with Crippen LogP contribution in [0, 0.1) is 0 Å². The van der Waals surface area contributed by atoms with Crippen molar-refractivity contribution in [3.63, 3.8) is 0 Å². The van der Waals surface area contributed by atoms with Gasteiger partial charge in [-0.1, -0.05) is 79.4 Å². The van der Waals surface area contributed by atoms with Crippen LogP contribution in [0.5, 0.6) is 0 Å². The van der Waals surface area contributed by atoms with Gasteiger partial charge in [0.2, 0.25) is 11.1 Å². The molecule has 1 heterocycles. The smallest absolute Gasteiger partial charge is 0.230 e. The number of amides is 1. The summed E-state index contributed by atoms with van der Waals surface area (Å²) in [5, 5.41) is 10.6. The van der Waals surface area contributed by atoms with E-state index in [9.17, 15) is 4.79 Å². The van der Waals surface area contributed by atoms with Gasteiger partial charge in [0, 0.05) is 0 Å². The molecule has 2 aromatic carbocycles. The molecule has 0 radical (unpaired) electrons. The molecule has 28 heavy (non-hydrogen) atoms. The number of thioether (sulfide) groups is 1. The molecule has 1 aromatic heterocycles. The van der Waals surface area contributed by atoms with Gasteiger partial charge >= 0.3 is 0 Å². The van der Waals surface area contributed by atoms with Crippen LogP contribution in [0.3, 0.4) is 0 Å². The zero-order valence-corrected chi connectivity index (χ0v) is 16.9. The monoisotopic (exact) mass is 392 g/mol. The van der Waals surface area contributed by atoms with Crippen LogP contribution < -0.4 is 5.32 Å². The number of carbonyl (C=O) groups excluding carboxylic acids is 1. The molecule has 3 aromatic rings. The lowest BCUT2D eigenvalue weighted by Crippen LogP contribution is -2.28. The molecule has 0 spiro atoms. The molecule has 0 fully saturated rings. The van der Waals surface area contributed by atoms with Crippen LogP contribution in [0.25, 0.3) is 12.2 Å². The molecule has 0 aliphatic rings.